The number of likely N-dealkylation sites (tertiary alicyclic amines) is 1. The fraction of sp³-hybridized carbons (Fsp3) is 0.375. The van der Waals surface area contributed by atoms with Gasteiger partial charge in [-0.2, -0.15) is 0 Å². The number of hydrogen-bond acceptors (Lipinski definition) is 3. The number of rotatable bonds is 2. The number of halogens is 1. The van der Waals surface area contributed by atoms with E-state index in [1.54, 1.807) is 7.11 Å². The second kappa shape index (κ2) is 6.85. The molecule has 3 aromatic rings. The van der Waals surface area contributed by atoms with Crippen LogP contribution in [0, 0.1) is 5.92 Å². The Labute approximate surface area is 174 Å². The highest BCUT2D eigenvalue weighted by Crippen LogP contribution is 2.48. The van der Waals surface area contributed by atoms with Gasteiger partial charge in [0, 0.05) is 33.9 Å². The summed E-state index contributed by atoms with van der Waals surface area (Å²) in [4.78, 5) is 7.60. The molecule has 4 heteroatoms. The number of nitrogens with zero attached hydrogens (tertiary/aromatic N) is 2. The Balaban J connectivity index is 1.65. The van der Waals surface area contributed by atoms with Crippen molar-refractivity contribution in [3.05, 3.63) is 69.8 Å². The maximum atomic E-state index is 5.55. The molecule has 2 atom stereocenters. The van der Waals surface area contributed by atoms with E-state index in [1.807, 2.05) is 6.07 Å². The van der Waals surface area contributed by atoms with Crippen LogP contribution in [-0.4, -0.2) is 37.1 Å². The minimum absolute atomic E-state index is 0.143. The summed E-state index contributed by atoms with van der Waals surface area (Å²) in [6, 6.07) is 17.5. The van der Waals surface area contributed by atoms with Crippen molar-refractivity contribution in [1.29, 1.82) is 0 Å². The lowest BCUT2D eigenvalue weighted by atomic mass is 9.58. The normalized spacial score (nSPS) is 24.6. The van der Waals surface area contributed by atoms with E-state index in [0.29, 0.717) is 5.92 Å². The topological polar surface area (TPSA) is 25.4 Å². The SMILES string of the molecule is COc1cccc([C@@]23CCN(C)C[C@@H]2Cc2cc4cc(Br)ccc4nc2C3)c1. The number of aromatic nitrogens is 1. The van der Waals surface area contributed by atoms with E-state index in [2.05, 4.69) is 70.3 Å². The van der Waals surface area contributed by atoms with Crippen molar-refractivity contribution in [3.63, 3.8) is 0 Å². The van der Waals surface area contributed by atoms with Gasteiger partial charge in [-0.25, -0.2) is 0 Å². The summed E-state index contributed by atoms with van der Waals surface area (Å²) in [5, 5.41) is 1.23. The zero-order chi connectivity index (χ0) is 19.3. The van der Waals surface area contributed by atoms with E-state index >= 15 is 0 Å². The number of methoxy groups -OCH3 is 1. The Morgan fingerprint density at radius 1 is 1.18 bits per heavy atom. The fourth-order valence-electron chi connectivity index (χ4n) is 5.27. The summed E-state index contributed by atoms with van der Waals surface area (Å²) in [5.74, 6) is 1.55. The van der Waals surface area contributed by atoms with Crippen LogP contribution in [0.25, 0.3) is 10.9 Å². The van der Waals surface area contributed by atoms with Crippen molar-refractivity contribution in [3.8, 4) is 5.75 Å². The van der Waals surface area contributed by atoms with E-state index in [1.165, 1.54) is 28.6 Å². The van der Waals surface area contributed by atoms with E-state index in [0.717, 1.165) is 41.7 Å². The summed E-state index contributed by atoms with van der Waals surface area (Å²) in [5.41, 5.74) is 5.34. The van der Waals surface area contributed by atoms with Crippen LogP contribution < -0.4 is 4.74 Å². The van der Waals surface area contributed by atoms with Gasteiger partial charge < -0.3 is 9.64 Å². The molecule has 1 fully saturated rings. The van der Waals surface area contributed by atoms with Crippen LogP contribution in [-0.2, 0) is 18.3 Å². The quantitative estimate of drug-likeness (QED) is 0.565. The van der Waals surface area contributed by atoms with Gasteiger partial charge in [0.15, 0.2) is 0 Å². The first-order chi connectivity index (χ1) is 13.6. The maximum absolute atomic E-state index is 5.55. The van der Waals surface area contributed by atoms with Crippen LogP contribution >= 0.6 is 15.9 Å². The van der Waals surface area contributed by atoms with Crippen molar-refractivity contribution < 1.29 is 4.74 Å². The molecule has 0 saturated carbocycles. The third-order valence-electron chi connectivity index (χ3n) is 6.79. The minimum Gasteiger partial charge on any atom is -0.497 e. The van der Waals surface area contributed by atoms with E-state index < -0.39 is 0 Å². The van der Waals surface area contributed by atoms with E-state index in [4.69, 9.17) is 9.72 Å². The maximum Gasteiger partial charge on any atom is 0.119 e. The first-order valence-electron chi connectivity index (χ1n) is 9.98. The zero-order valence-corrected chi connectivity index (χ0v) is 18.0. The highest BCUT2D eigenvalue weighted by atomic mass is 79.9. The van der Waals surface area contributed by atoms with Crippen LogP contribution in [0.5, 0.6) is 5.75 Å². The van der Waals surface area contributed by atoms with Gasteiger partial charge in [-0.05, 0) is 79.9 Å². The Morgan fingerprint density at radius 2 is 2.07 bits per heavy atom. The Morgan fingerprint density at radius 3 is 2.93 bits per heavy atom. The molecule has 1 aliphatic heterocycles. The van der Waals surface area contributed by atoms with Crippen molar-refractivity contribution >= 4 is 26.8 Å². The summed E-state index contributed by atoms with van der Waals surface area (Å²) >= 11 is 3.60. The molecule has 0 bridgehead atoms. The highest BCUT2D eigenvalue weighted by Gasteiger charge is 2.47. The van der Waals surface area contributed by atoms with Gasteiger partial charge >= 0.3 is 0 Å². The predicted molar refractivity (Wildman–Crippen MR) is 117 cm³/mol. The zero-order valence-electron chi connectivity index (χ0n) is 16.4. The molecule has 0 amide bonds. The largest absolute Gasteiger partial charge is 0.497 e. The predicted octanol–water partition coefficient (Wildman–Crippen LogP) is 4.99. The van der Waals surface area contributed by atoms with Gasteiger partial charge in [-0.15, -0.1) is 0 Å². The molecule has 5 rings (SSSR count). The summed E-state index contributed by atoms with van der Waals surface area (Å²) in [6.45, 7) is 2.26. The van der Waals surface area contributed by atoms with Crippen LogP contribution in [0.15, 0.2) is 53.0 Å². The first-order valence-corrected chi connectivity index (χ1v) is 10.8. The van der Waals surface area contributed by atoms with Gasteiger partial charge in [0.2, 0.25) is 0 Å². The lowest BCUT2D eigenvalue weighted by Crippen LogP contribution is -2.53. The van der Waals surface area contributed by atoms with Crippen LogP contribution in [0.2, 0.25) is 0 Å². The molecule has 3 nitrogen and oxygen atoms in total. The molecule has 0 spiro atoms. The second-order valence-electron chi connectivity index (χ2n) is 8.41. The molecule has 1 aliphatic carbocycles. The number of piperidine rings is 1. The molecule has 2 heterocycles. The van der Waals surface area contributed by atoms with E-state index in [-0.39, 0.29) is 5.41 Å². The van der Waals surface area contributed by atoms with Crippen LogP contribution in [0.1, 0.15) is 23.2 Å². The molecule has 0 radical (unpaired) electrons. The van der Waals surface area contributed by atoms with Crippen molar-refractivity contribution in [1.82, 2.24) is 9.88 Å². The molecule has 0 unspecified atom stereocenters. The molecule has 1 saturated heterocycles. The van der Waals surface area contributed by atoms with Crippen LogP contribution in [0.3, 0.4) is 0 Å². The molecule has 1 aromatic heterocycles. The number of hydrogen-bond donors (Lipinski definition) is 0. The molecule has 2 aliphatic rings. The van der Waals surface area contributed by atoms with Gasteiger partial charge in [0.25, 0.3) is 0 Å². The lowest BCUT2D eigenvalue weighted by molar-refractivity contribution is 0.0987. The standard InChI is InChI=1S/C24H25BrN2O/c1-27-9-8-24(18-4-3-5-21(13-18)28-2)14-23-16(11-19(24)15-27)10-17-12-20(25)6-7-22(17)26-23/h3-7,10,12-13,19H,8-9,11,14-15H2,1-2H3/t19-,24-/m0/s1. The number of ether oxygens (including phenoxy) is 1. The summed E-state index contributed by atoms with van der Waals surface area (Å²) in [7, 11) is 4.01. The summed E-state index contributed by atoms with van der Waals surface area (Å²) < 4.78 is 6.66. The Bertz CT molecular complexity index is 1050. The molecular weight excluding hydrogens is 412 g/mol. The monoisotopic (exact) mass is 436 g/mol. The molecule has 2 aromatic carbocycles. The summed E-state index contributed by atoms with van der Waals surface area (Å²) in [6.07, 6.45) is 3.27. The number of fused-ring (bicyclic) bond motifs is 3. The second-order valence-corrected chi connectivity index (χ2v) is 9.33. The first kappa shape index (κ1) is 18.1. The third-order valence-corrected chi connectivity index (χ3v) is 7.29. The lowest BCUT2D eigenvalue weighted by Gasteiger charge is -2.50. The molecular formula is C24H25BrN2O. The fourth-order valence-corrected chi connectivity index (χ4v) is 5.65. The molecule has 144 valence electrons. The van der Waals surface area contributed by atoms with Gasteiger partial charge in [-0.1, -0.05) is 28.1 Å². The Kier molecular flexibility index (Phi) is 4.44. The average Bonchev–Trinajstić information content (AvgIpc) is 2.71. The van der Waals surface area contributed by atoms with Crippen molar-refractivity contribution in [2.75, 3.05) is 27.2 Å². The highest BCUT2D eigenvalue weighted by molar-refractivity contribution is 9.10. The van der Waals surface area contributed by atoms with Crippen molar-refractivity contribution in [2.24, 2.45) is 5.92 Å². The van der Waals surface area contributed by atoms with Gasteiger partial charge in [0.05, 0.1) is 12.6 Å². The van der Waals surface area contributed by atoms with E-state index in [9.17, 15) is 0 Å². The number of benzene rings is 2. The minimum atomic E-state index is 0.143. The third kappa shape index (κ3) is 2.94. The van der Waals surface area contributed by atoms with Gasteiger partial charge in [-0.3, -0.25) is 4.98 Å². The molecule has 0 N–H and O–H groups in total. The number of pyridine rings is 1. The average molecular weight is 437 g/mol. The smallest absolute Gasteiger partial charge is 0.119 e. The van der Waals surface area contributed by atoms with Gasteiger partial charge in [0.1, 0.15) is 5.75 Å². The Hall–Kier alpha value is -1.91. The van der Waals surface area contributed by atoms with Crippen molar-refractivity contribution in [2.45, 2.75) is 24.7 Å². The molecule has 28 heavy (non-hydrogen) atoms. The van der Waals surface area contributed by atoms with Crippen LogP contribution in [0.4, 0.5) is 0 Å².